The average Bonchev–Trinajstić information content (AvgIpc) is 3.04. The molecular weight excluding hydrogens is 316 g/mol. The van der Waals surface area contributed by atoms with E-state index in [0.29, 0.717) is 0 Å². The van der Waals surface area contributed by atoms with Crippen LogP contribution in [0.3, 0.4) is 0 Å². The zero-order valence-corrected chi connectivity index (χ0v) is 15.6. The summed E-state index contributed by atoms with van der Waals surface area (Å²) in [5.74, 6) is -3.54. The summed E-state index contributed by atoms with van der Waals surface area (Å²) < 4.78 is 4.32. The van der Waals surface area contributed by atoms with Crippen LogP contribution in [0.1, 0.15) is 71.1 Å². The lowest BCUT2D eigenvalue weighted by Gasteiger charge is -2.15. The minimum Gasteiger partial charge on any atom is -0.465 e. The molecule has 1 rings (SSSR count). The van der Waals surface area contributed by atoms with Gasteiger partial charge >= 0.3 is 5.97 Å². The fourth-order valence-electron chi connectivity index (χ4n) is 2.89. The van der Waals surface area contributed by atoms with Gasteiger partial charge in [-0.3, -0.25) is 0 Å². The molecule has 0 bridgehead atoms. The zero-order valence-electron chi connectivity index (χ0n) is 15.6. The standard InChI is InChI=1S/C21H32O4/c1-3-4-5-6-7-9-13-18-15-12-16-19(18)14-10-8-11-17-21(23,24)20(22)25-2/h9-11,13,23-24H,3-7,12,14-17H2,1-2H3/b13-9+. The van der Waals surface area contributed by atoms with Gasteiger partial charge in [0, 0.05) is 6.42 Å². The predicted molar refractivity (Wildman–Crippen MR) is 99.8 cm³/mol. The normalized spacial score (nSPS) is 14.7. The topological polar surface area (TPSA) is 66.8 Å². The van der Waals surface area contributed by atoms with Crippen LogP contribution in [-0.4, -0.2) is 29.1 Å². The molecule has 0 amide bonds. The number of ether oxygens (including phenoxy) is 1. The molecule has 1 aliphatic rings. The molecule has 0 fully saturated rings. The van der Waals surface area contributed by atoms with Crippen LogP contribution in [0.5, 0.6) is 0 Å². The van der Waals surface area contributed by atoms with Crippen LogP contribution in [0.2, 0.25) is 0 Å². The van der Waals surface area contributed by atoms with Crippen molar-refractivity contribution in [2.75, 3.05) is 7.11 Å². The molecule has 0 spiro atoms. The highest BCUT2D eigenvalue weighted by atomic mass is 16.6. The first-order chi connectivity index (χ1) is 12.0. The molecule has 4 heteroatoms. The highest BCUT2D eigenvalue weighted by Crippen LogP contribution is 2.29. The Kier molecular flexibility index (Phi) is 10.2. The molecule has 0 aromatic heterocycles. The number of carbonyl (C=O) groups is 1. The Hall–Kier alpha value is -1.61. The van der Waals surface area contributed by atoms with Crippen molar-refractivity contribution in [2.24, 2.45) is 0 Å². The van der Waals surface area contributed by atoms with Crippen LogP contribution in [0.4, 0.5) is 0 Å². The van der Waals surface area contributed by atoms with E-state index in [9.17, 15) is 15.0 Å². The molecule has 0 unspecified atom stereocenters. The van der Waals surface area contributed by atoms with Gasteiger partial charge in [0.05, 0.1) is 7.11 Å². The van der Waals surface area contributed by atoms with Gasteiger partial charge in [0.25, 0.3) is 5.79 Å². The smallest absolute Gasteiger partial charge is 0.366 e. The number of aliphatic hydroxyl groups is 2. The van der Waals surface area contributed by atoms with E-state index in [4.69, 9.17) is 0 Å². The van der Waals surface area contributed by atoms with E-state index >= 15 is 0 Å². The van der Waals surface area contributed by atoms with Crippen molar-refractivity contribution in [3.63, 3.8) is 0 Å². The first kappa shape index (κ1) is 21.4. The van der Waals surface area contributed by atoms with E-state index in [0.717, 1.165) is 32.8 Å². The second kappa shape index (κ2) is 11.9. The van der Waals surface area contributed by atoms with Gasteiger partial charge in [-0.1, -0.05) is 43.9 Å². The Balaban J connectivity index is 2.46. The van der Waals surface area contributed by atoms with Crippen molar-refractivity contribution >= 4 is 5.97 Å². The number of unbranched alkanes of at least 4 members (excludes halogenated alkanes) is 4. The lowest BCUT2D eigenvalue weighted by Crippen LogP contribution is -2.38. The van der Waals surface area contributed by atoms with Crippen LogP contribution in [-0.2, 0) is 9.53 Å². The Morgan fingerprint density at radius 3 is 2.76 bits per heavy atom. The first-order valence-electron chi connectivity index (χ1n) is 9.31. The van der Waals surface area contributed by atoms with E-state index in [1.54, 1.807) is 0 Å². The zero-order chi connectivity index (χ0) is 18.5. The minimum atomic E-state index is -2.48. The van der Waals surface area contributed by atoms with Crippen molar-refractivity contribution in [2.45, 2.75) is 76.9 Å². The number of hydrogen-bond acceptors (Lipinski definition) is 4. The van der Waals surface area contributed by atoms with E-state index in [2.05, 4.69) is 29.5 Å². The van der Waals surface area contributed by atoms with Crippen molar-refractivity contribution in [3.05, 3.63) is 41.2 Å². The Morgan fingerprint density at radius 2 is 2.04 bits per heavy atom. The molecule has 0 atom stereocenters. The molecule has 0 aliphatic heterocycles. The van der Waals surface area contributed by atoms with Crippen molar-refractivity contribution in [3.8, 4) is 0 Å². The van der Waals surface area contributed by atoms with E-state index in [-0.39, 0.29) is 6.42 Å². The van der Waals surface area contributed by atoms with Crippen LogP contribution in [0.25, 0.3) is 0 Å². The van der Waals surface area contributed by atoms with E-state index in [1.807, 2.05) is 6.08 Å². The quantitative estimate of drug-likeness (QED) is 0.252. The van der Waals surface area contributed by atoms with Gasteiger partial charge in [0.15, 0.2) is 0 Å². The van der Waals surface area contributed by atoms with Gasteiger partial charge < -0.3 is 14.9 Å². The molecule has 2 N–H and O–H groups in total. The molecule has 0 saturated heterocycles. The summed E-state index contributed by atoms with van der Waals surface area (Å²) in [5, 5.41) is 19.0. The van der Waals surface area contributed by atoms with Gasteiger partial charge in [-0.25, -0.2) is 4.79 Å². The van der Waals surface area contributed by atoms with Gasteiger partial charge in [-0.2, -0.15) is 0 Å². The molecule has 0 radical (unpaired) electrons. The summed E-state index contributed by atoms with van der Waals surface area (Å²) >= 11 is 0. The predicted octanol–water partition coefficient (Wildman–Crippen LogP) is 4.34. The van der Waals surface area contributed by atoms with Crippen LogP contribution in [0.15, 0.2) is 41.2 Å². The van der Waals surface area contributed by atoms with Crippen molar-refractivity contribution in [1.82, 2.24) is 0 Å². The summed E-state index contributed by atoms with van der Waals surface area (Å²) in [4.78, 5) is 11.1. The second-order valence-corrected chi connectivity index (χ2v) is 6.53. The molecule has 1 aliphatic carbocycles. The second-order valence-electron chi connectivity index (χ2n) is 6.53. The Bertz CT molecular complexity index is 534. The van der Waals surface area contributed by atoms with Gasteiger partial charge in [-0.05, 0) is 56.3 Å². The maximum atomic E-state index is 11.1. The lowest BCUT2D eigenvalue weighted by atomic mass is 10.1. The lowest BCUT2D eigenvalue weighted by molar-refractivity contribution is -0.205. The average molecular weight is 348 g/mol. The Labute approximate surface area is 151 Å². The molecule has 0 heterocycles. The van der Waals surface area contributed by atoms with Gasteiger partial charge in [0.2, 0.25) is 0 Å². The number of hydrogen-bond donors (Lipinski definition) is 2. The fraction of sp³-hybridized carbons (Fsp3) is 0.619. The third-order valence-electron chi connectivity index (χ3n) is 4.41. The van der Waals surface area contributed by atoms with Crippen molar-refractivity contribution < 1.29 is 19.7 Å². The highest BCUT2D eigenvalue weighted by molar-refractivity contribution is 5.77. The third-order valence-corrected chi connectivity index (χ3v) is 4.41. The number of methoxy groups -OCH3 is 1. The maximum absolute atomic E-state index is 11.1. The number of carbonyl (C=O) groups excluding carboxylic acids is 1. The summed E-state index contributed by atoms with van der Waals surface area (Å²) in [6.07, 6.45) is 18.2. The number of rotatable bonds is 11. The summed E-state index contributed by atoms with van der Waals surface area (Å²) in [6.45, 7) is 2.23. The molecule has 0 saturated carbocycles. The van der Waals surface area contributed by atoms with Crippen LogP contribution in [0, 0.1) is 0 Å². The first-order valence-corrected chi connectivity index (χ1v) is 9.31. The number of esters is 1. The van der Waals surface area contributed by atoms with Crippen molar-refractivity contribution in [1.29, 1.82) is 0 Å². The summed E-state index contributed by atoms with van der Waals surface area (Å²) in [6, 6.07) is 0. The molecule has 25 heavy (non-hydrogen) atoms. The Morgan fingerprint density at radius 1 is 1.24 bits per heavy atom. The molecule has 140 valence electrons. The third kappa shape index (κ3) is 8.35. The molecule has 0 aromatic rings. The van der Waals surface area contributed by atoms with E-state index in [1.165, 1.54) is 49.3 Å². The van der Waals surface area contributed by atoms with Gasteiger partial charge in [-0.15, -0.1) is 5.73 Å². The highest BCUT2D eigenvalue weighted by Gasteiger charge is 2.32. The van der Waals surface area contributed by atoms with E-state index < -0.39 is 11.8 Å². The summed E-state index contributed by atoms with van der Waals surface area (Å²) in [5.41, 5.74) is 5.78. The largest absolute Gasteiger partial charge is 0.465 e. The molecule has 0 aromatic carbocycles. The maximum Gasteiger partial charge on any atom is 0.366 e. The molecule has 4 nitrogen and oxygen atoms in total. The monoisotopic (exact) mass is 348 g/mol. The minimum absolute atomic E-state index is 0.236. The molecular formula is C21H32O4. The summed E-state index contributed by atoms with van der Waals surface area (Å²) in [7, 11) is 1.12. The van der Waals surface area contributed by atoms with Gasteiger partial charge in [0.1, 0.15) is 0 Å². The number of allylic oxidation sites excluding steroid dienone is 4. The fourth-order valence-corrected chi connectivity index (χ4v) is 2.89. The SMILES string of the molecule is CCCCCC/C=C/C1=C(CC=C=CCC(O)(O)C(=O)OC)CCC1. The van der Waals surface area contributed by atoms with Crippen LogP contribution >= 0.6 is 0 Å². The van der Waals surface area contributed by atoms with Crippen LogP contribution < -0.4 is 0 Å².